The molecule has 8 nitrogen and oxygen atoms in total. The van der Waals surface area contributed by atoms with Crippen LogP contribution in [0, 0.1) is 0 Å². The zero-order valence-corrected chi connectivity index (χ0v) is 19.3. The Morgan fingerprint density at radius 2 is 1.82 bits per heavy atom. The van der Waals surface area contributed by atoms with E-state index in [0.29, 0.717) is 26.9 Å². The number of hydrogen-bond donors (Lipinski definition) is 2. The minimum Gasteiger partial charge on any atom is -0.345 e. The van der Waals surface area contributed by atoms with Gasteiger partial charge in [-0.3, -0.25) is 19.2 Å². The van der Waals surface area contributed by atoms with Crippen LogP contribution in [0.3, 0.4) is 0 Å². The van der Waals surface area contributed by atoms with Crippen molar-refractivity contribution >= 4 is 52.5 Å². The van der Waals surface area contributed by atoms with Crippen LogP contribution in [-0.4, -0.2) is 59.6 Å². The SMILES string of the molecule is CN(CC(=O)Nc1ccc(Cl)c(Cl)c1)C(=O)CNC(=O)C1c2ccccc2C(=O)N1C1CC1. The highest BCUT2D eigenvalue weighted by atomic mass is 35.5. The molecule has 4 amide bonds. The molecule has 0 aromatic heterocycles. The fourth-order valence-electron chi connectivity index (χ4n) is 3.81. The molecule has 2 aliphatic rings. The van der Waals surface area contributed by atoms with Gasteiger partial charge in [0, 0.05) is 24.3 Å². The van der Waals surface area contributed by atoms with Gasteiger partial charge in [0.1, 0.15) is 6.04 Å². The molecule has 1 atom stereocenters. The van der Waals surface area contributed by atoms with Crippen LogP contribution in [-0.2, 0) is 14.4 Å². The Morgan fingerprint density at radius 1 is 1.09 bits per heavy atom. The summed E-state index contributed by atoms with van der Waals surface area (Å²) in [6, 6.07) is 11.0. The lowest BCUT2D eigenvalue weighted by Gasteiger charge is -2.25. The molecule has 2 N–H and O–H groups in total. The number of nitrogens with one attached hydrogen (secondary N) is 2. The van der Waals surface area contributed by atoms with E-state index in [1.165, 1.54) is 18.0 Å². The zero-order chi connectivity index (χ0) is 23.7. The number of carbonyl (C=O) groups excluding carboxylic acids is 4. The lowest BCUT2D eigenvalue weighted by atomic mass is 10.0. The van der Waals surface area contributed by atoms with Crippen LogP contribution in [0.25, 0.3) is 0 Å². The van der Waals surface area contributed by atoms with E-state index in [9.17, 15) is 19.2 Å². The number of amides is 4. The van der Waals surface area contributed by atoms with Crippen molar-refractivity contribution in [2.45, 2.75) is 24.9 Å². The molecule has 33 heavy (non-hydrogen) atoms. The van der Waals surface area contributed by atoms with Crippen molar-refractivity contribution in [1.29, 1.82) is 0 Å². The van der Waals surface area contributed by atoms with Gasteiger partial charge in [-0.1, -0.05) is 41.4 Å². The Kier molecular flexibility index (Phi) is 6.58. The van der Waals surface area contributed by atoms with Gasteiger partial charge >= 0.3 is 0 Å². The van der Waals surface area contributed by atoms with Crippen LogP contribution in [0.15, 0.2) is 42.5 Å². The molecule has 1 fully saturated rings. The molecule has 0 radical (unpaired) electrons. The number of fused-ring (bicyclic) bond motifs is 1. The highest BCUT2D eigenvalue weighted by Gasteiger charge is 2.47. The molecule has 2 aromatic rings. The van der Waals surface area contributed by atoms with Gasteiger partial charge in [0.25, 0.3) is 5.91 Å². The van der Waals surface area contributed by atoms with E-state index in [1.807, 2.05) is 0 Å². The van der Waals surface area contributed by atoms with Crippen molar-refractivity contribution < 1.29 is 19.2 Å². The second-order valence-electron chi connectivity index (χ2n) is 8.08. The predicted molar refractivity (Wildman–Crippen MR) is 124 cm³/mol. The number of hydrogen-bond acceptors (Lipinski definition) is 4. The Bertz CT molecular complexity index is 1140. The second-order valence-corrected chi connectivity index (χ2v) is 8.89. The maximum Gasteiger partial charge on any atom is 0.255 e. The normalized spacial score (nSPS) is 16.9. The van der Waals surface area contributed by atoms with Crippen LogP contribution >= 0.6 is 23.2 Å². The molecule has 172 valence electrons. The number of carbonyl (C=O) groups is 4. The number of anilines is 1. The highest BCUT2D eigenvalue weighted by molar-refractivity contribution is 6.42. The van der Waals surface area contributed by atoms with E-state index < -0.39 is 23.8 Å². The van der Waals surface area contributed by atoms with Crippen LogP contribution in [0.5, 0.6) is 0 Å². The average Bonchev–Trinajstić information content (AvgIpc) is 3.58. The van der Waals surface area contributed by atoms with Crippen molar-refractivity contribution in [3.8, 4) is 0 Å². The molecule has 4 rings (SSSR count). The summed E-state index contributed by atoms with van der Waals surface area (Å²) in [5.74, 6) is -1.44. The highest BCUT2D eigenvalue weighted by Crippen LogP contribution is 2.41. The quantitative estimate of drug-likeness (QED) is 0.625. The summed E-state index contributed by atoms with van der Waals surface area (Å²) >= 11 is 11.8. The fourth-order valence-corrected chi connectivity index (χ4v) is 4.10. The summed E-state index contributed by atoms with van der Waals surface area (Å²) in [5, 5.41) is 5.93. The number of rotatable bonds is 7. The van der Waals surface area contributed by atoms with Crippen LogP contribution in [0.2, 0.25) is 10.0 Å². The van der Waals surface area contributed by atoms with E-state index in [4.69, 9.17) is 23.2 Å². The number of nitrogens with zero attached hydrogens (tertiary/aromatic N) is 2. The summed E-state index contributed by atoms with van der Waals surface area (Å²) in [6.07, 6.45) is 1.72. The molecular formula is C23H22Cl2N4O4. The summed E-state index contributed by atoms with van der Waals surface area (Å²) in [6.45, 7) is -0.505. The van der Waals surface area contributed by atoms with Crippen molar-refractivity contribution in [3.05, 3.63) is 63.6 Å². The number of likely N-dealkylation sites (N-methyl/N-ethyl adjacent to an activating group) is 1. The van der Waals surface area contributed by atoms with Gasteiger partial charge in [-0.05, 0) is 42.7 Å². The van der Waals surface area contributed by atoms with Crippen LogP contribution in [0.4, 0.5) is 5.69 Å². The Morgan fingerprint density at radius 3 is 2.52 bits per heavy atom. The van der Waals surface area contributed by atoms with Crippen molar-refractivity contribution in [1.82, 2.24) is 15.1 Å². The molecular weight excluding hydrogens is 467 g/mol. The lowest BCUT2D eigenvalue weighted by molar-refractivity contribution is -0.135. The first-order valence-electron chi connectivity index (χ1n) is 10.4. The topological polar surface area (TPSA) is 98.8 Å². The smallest absolute Gasteiger partial charge is 0.255 e. The first kappa shape index (κ1) is 23.1. The van der Waals surface area contributed by atoms with Crippen LogP contribution in [0.1, 0.15) is 34.8 Å². The minimum absolute atomic E-state index is 0.0455. The number of benzene rings is 2. The molecule has 1 saturated carbocycles. The molecule has 0 spiro atoms. The Labute approximate surface area is 200 Å². The van der Waals surface area contributed by atoms with Gasteiger partial charge in [0.2, 0.25) is 17.7 Å². The third-order valence-electron chi connectivity index (χ3n) is 5.61. The molecule has 1 heterocycles. The molecule has 1 aliphatic carbocycles. The summed E-state index contributed by atoms with van der Waals surface area (Å²) < 4.78 is 0. The van der Waals surface area contributed by atoms with Crippen molar-refractivity contribution in [2.24, 2.45) is 0 Å². The Hall–Kier alpha value is -3.10. The van der Waals surface area contributed by atoms with Crippen LogP contribution < -0.4 is 10.6 Å². The average molecular weight is 489 g/mol. The summed E-state index contributed by atoms with van der Waals surface area (Å²) in [7, 11) is 1.47. The Balaban J connectivity index is 1.33. The minimum atomic E-state index is -0.753. The van der Waals surface area contributed by atoms with E-state index in [2.05, 4.69) is 10.6 Å². The van der Waals surface area contributed by atoms with Gasteiger partial charge in [-0.2, -0.15) is 0 Å². The van der Waals surface area contributed by atoms with Gasteiger partial charge in [0.05, 0.1) is 23.1 Å². The maximum atomic E-state index is 13.0. The van der Waals surface area contributed by atoms with Gasteiger partial charge < -0.3 is 20.4 Å². The maximum absolute atomic E-state index is 13.0. The fraction of sp³-hybridized carbons (Fsp3) is 0.304. The van der Waals surface area contributed by atoms with Gasteiger partial charge in [0.15, 0.2) is 0 Å². The molecule has 2 aromatic carbocycles. The summed E-state index contributed by atoms with van der Waals surface area (Å²) in [4.78, 5) is 53.3. The van der Waals surface area contributed by atoms with Crippen molar-refractivity contribution in [2.75, 3.05) is 25.5 Å². The predicted octanol–water partition coefficient (Wildman–Crippen LogP) is 2.87. The third kappa shape index (κ3) is 4.96. The van der Waals surface area contributed by atoms with Gasteiger partial charge in [-0.25, -0.2) is 0 Å². The zero-order valence-electron chi connectivity index (χ0n) is 17.8. The lowest BCUT2D eigenvalue weighted by Crippen LogP contribution is -2.45. The van der Waals surface area contributed by atoms with Crippen molar-refractivity contribution in [3.63, 3.8) is 0 Å². The van der Waals surface area contributed by atoms with Gasteiger partial charge in [-0.15, -0.1) is 0 Å². The standard InChI is InChI=1S/C23H22Cl2N4O4/c1-28(12-19(30)27-13-6-9-17(24)18(25)10-13)20(31)11-26-22(32)21-15-4-2-3-5-16(15)23(33)29(21)14-7-8-14/h2-6,9-10,14,21H,7-8,11-12H2,1H3,(H,26,32)(H,27,30). The first-order valence-corrected chi connectivity index (χ1v) is 11.2. The monoisotopic (exact) mass is 488 g/mol. The largest absolute Gasteiger partial charge is 0.345 e. The molecule has 0 saturated heterocycles. The third-order valence-corrected chi connectivity index (χ3v) is 6.35. The molecule has 1 unspecified atom stereocenters. The van der Waals surface area contributed by atoms with E-state index >= 15 is 0 Å². The second kappa shape index (κ2) is 9.41. The molecule has 10 heteroatoms. The summed E-state index contributed by atoms with van der Waals surface area (Å²) in [5.41, 5.74) is 1.62. The van der Waals surface area contributed by atoms with E-state index in [0.717, 1.165) is 12.8 Å². The van der Waals surface area contributed by atoms with E-state index in [1.54, 1.807) is 41.3 Å². The molecule has 1 aliphatic heterocycles. The molecule has 0 bridgehead atoms. The first-order chi connectivity index (χ1) is 15.8. The number of halogens is 2. The van der Waals surface area contributed by atoms with E-state index in [-0.39, 0.29) is 25.0 Å².